The van der Waals surface area contributed by atoms with E-state index in [-0.39, 0.29) is 11.2 Å². The average Bonchev–Trinajstić information content (AvgIpc) is 2.10. The lowest BCUT2D eigenvalue weighted by Crippen LogP contribution is -2.09. The quantitative estimate of drug-likeness (QED) is 0.574. The van der Waals surface area contributed by atoms with Crippen LogP contribution in [0.15, 0.2) is 0 Å². The second-order valence-electron chi connectivity index (χ2n) is 2.78. The number of carbonyl (C=O) groups is 1. The van der Waals surface area contributed by atoms with Crippen LogP contribution in [0, 0.1) is 5.92 Å². The molecule has 0 aromatic rings. The van der Waals surface area contributed by atoms with E-state index in [4.69, 9.17) is 5.11 Å². The summed E-state index contributed by atoms with van der Waals surface area (Å²) in [6.45, 7) is 2.02. The van der Waals surface area contributed by atoms with Crippen molar-refractivity contribution in [2.75, 3.05) is 0 Å². The highest BCUT2D eigenvalue weighted by atomic mass is 32.1. The number of thiol groups is 1. The summed E-state index contributed by atoms with van der Waals surface area (Å²) in [5, 5.41) is 8.36. The van der Waals surface area contributed by atoms with Crippen molar-refractivity contribution in [3.63, 3.8) is 0 Å². The first-order chi connectivity index (χ1) is 4.04. The molecule has 0 amide bonds. The number of carboxylic acids is 1. The van der Waals surface area contributed by atoms with Gasteiger partial charge in [0.05, 0.1) is 6.42 Å². The first kappa shape index (κ1) is 6.93. The van der Waals surface area contributed by atoms with Crippen LogP contribution in [0.1, 0.15) is 19.8 Å². The summed E-state index contributed by atoms with van der Waals surface area (Å²) in [6.07, 6.45) is 1.15. The molecule has 1 saturated carbocycles. The highest BCUT2D eigenvalue weighted by molar-refractivity contribution is 7.82. The number of rotatable bonds is 2. The van der Waals surface area contributed by atoms with Crippen molar-refractivity contribution in [1.29, 1.82) is 0 Å². The maximum Gasteiger partial charge on any atom is 0.304 e. The summed E-state index contributed by atoms with van der Waals surface area (Å²) < 4.78 is -0.175. The van der Waals surface area contributed by atoms with Crippen molar-refractivity contribution in [2.45, 2.75) is 24.5 Å². The Hall–Kier alpha value is -0.180. The molecule has 0 saturated heterocycles. The van der Waals surface area contributed by atoms with Crippen LogP contribution >= 0.6 is 12.6 Å². The molecule has 2 nitrogen and oxygen atoms in total. The van der Waals surface area contributed by atoms with Crippen molar-refractivity contribution in [1.82, 2.24) is 0 Å². The van der Waals surface area contributed by atoms with Gasteiger partial charge in [-0.05, 0) is 12.3 Å². The molecule has 0 aliphatic heterocycles. The smallest absolute Gasteiger partial charge is 0.304 e. The number of carboxylic acid groups (broad SMARTS) is 1. The molecular weight excluding hydrogens is 136 g/mol. The molecule has 2 atom stereocenters. The Morgan fingerprint density at radius 3 is 2.56 bits per heavy atom. The van der Waals surface area contributed by atoms with Gasteiger partial charge in [-0.2, -0.15) is 12.6 Å². The summed E-state index contributed by atoms with van der Waals surface area (Å²) in [5.41, 5.74) is 0. The predicted molar refractivity (Wildman–Crippen MR) is 37.8 cm³/mol. The van der Waals surface area contributed by atoms with E-state index in [1.165, 1.54) is 0 Å². The minimum atomic E-state index is -0.741. The summed E-state index contributed by atoms with van der Waals surface area (Å²) in [5.74, 6) is -0.258. The molecule has 0 radical (unpaired) electrons. The van der Waals surface area contributed by atoms with Crippen LogP contribution in [0.2, 0.25) is 0 Å². The maximum absolute atomic E-state index is 10.2. The van der Waals surface area contributed by atoms with Gasteiger partial charge in [0.25, 0.3) is 0 Å². The highest BCUT2D eigenvalue weighted by Gasteiger charge is 2.49. The molecule has 52 valence electrons. The SMILES string of the molecule is CC1CC1(S)CC(=O)O. The van der Waals surface area contributed by atoms with Gasteiger partial charge in [0.15, 0.2) is 0 Å². The van der Waals surface area contributed by atoms with Crippen LogP contribution in [0.25, 0.3) is 0 Å². The van der Waals surface area contributed by atoms with E-state index in [0.717, 1.165) is 6.42 Å². The van der Waals surface area contributed by atoms with Crippen LogP contribution in [-0.2, 0) is 4.79 Å². The first-order valence-electron chi connectivity index (χ1n) is 2.99. The molecule has 3 heteroatoms. The molecule has 1 rings (SSSR count). The predicted octanol–water partition coefficient (Wildman–Crippen LogP) is 1.17. The van der Waals surface area contributed by atoms with E-state index in [9.17, 15) is 4.79 Å². The van der Waals surface area contributed by atoms with Gasteiger partial charge >= 0.3 is 5.97 Å². The Labute approximate surface area is 59.7 Å². The summed E-state index contributed by atoms with van der Waals surface area (Å²) in [4.78, 5) is 10.2. The van der Waals surface area contributed by atoms with Gasteiger partial charge < -0.3 is 5.11 Å². The fourth-order valence-corrected chi connectivity index (χ4v) is 1.39. The van der Waals surface area contributed by atoms with Crippen LogP contribution in [0.4, 0.5) is 0 Å². The van der Waals surface area contributed by atoms with Gasteiger partial charge in [-0.1, -0.05) is 6.92 Å². The van der Waals surface area contributed by atoms with E-state index < -0.39 is 5.97 Å². The van der Waals surface area contributed by atoms with Crippen LogP contribution in [0.5, 0.6) is 0 Å². The molecule has 2 unspecified atom stereocenters. The zero-order valence-corrected chi connectivity index (χ0v) is 6.19. The largest absolute Gasteiger partial charge is 0.481 e. The molecule has 9 heavy (non-hydrogen) atoms. The van der Waals surface area contributed by atoms with Crippen LogP contribution < -0.4 is 0 Å². The fourth-order valence-electron chi connectivity index (χ4n) is 0.980. The van der Waals surface area contributed by atoms with E-state index in [1.807, 2.05) is 6.92 Å². The second-order valence-corrected chi connectivity index (χ2v) is 3.67. The summed E-state index contributed by atoms with van der Waals surface area (Å²) >= 11 is 4.22. The number of hydrogen-bond acceptors (Lipinski definition) is 2. The third-order valence-corrected chi connectivity index (χ3v) is 2.66. The molecule has 0 aromatic carbocycles. The van der Waals surface area contributed by atoms with E-state index in [1.54, 1.807) is 0 Å². The Morgan fingerprint density at radius 2 is 2.44 bits per heavy atom. The minimum Gasteiger partial charge on any atom is -0.481 e. The lowest BCUT2D eigenvalue weighted by Gasteiger charge is -2.01. The molecule has 0 aromatic heterocycles. The van der Waals surface area contributed by atoms with Gasteiger partial charge in [-0.25, -0.2) is 0 Å². The van der Waals surface area contributed by atoms with E-state index in [2.05, 4.69) is 12.6 Å². The first-order valence-corrected chi connectivity index (χ1v) is 3.43. The van der Waals surface area contributed by atoms with Crippen LogP contribution in [0.3, 0.4) is 0 Å². The molecule has 0 heterocycles. The Kier molecular flexibility index (Phi) is 1.47. The van der Waals surface area contributed by atoms with E-state index in [0.29, 0.717) is 5.92 Å². The Morgan fingerprint density at radius 1 is 2.00 bits per heavy atom. The third-order valence-electron chi connectivity index (χ3n) is 1.87. The Balaban J connectivity index is 2.37. The van der Waals surface area contributed by atoms with Gasteiger partial charge in [-0.3, -0.25) is 4.79 Å². The summed E-state index contributed by atoms with van der Waals surface area (Å²) in [7, 11) is 0. The number of aliphatic carboxylic acids is 1. The van der Waals surface area contributed by atoms with Crippen molar-refractivity contribution in [3.05, 3.63) is 0 Å². The monoisotopic (exact) mass is 146 g/mol. The third kappa shape index (κ3) is 1.39. The van der Waals surface area contributed by atoms with Gasteiger partial charge in [0.2, 0.25) is 0 Å². The molecule has 1 aliphatic carbocycles. The van der Waals surface area contributed by atoms with Crippen molar-refractivity contribution in [2.24, 2.45) is 5.92 Å². The zero-order chi connectivity index (χ0) is 7.07. The molecule has 1 aliphatic rings. The van der Waals surface area contributed by atoms with Crippen molar-refractivity contribution in [3.8, 4) is 0 Å². The molecule has 1 fully saturated rings. The van der Waals surface area contributed by atoms with Gasteiger partial charge in [0, 0.05) is 4.75 Å². The number of hydrogen-bond donors (Lipinski definition) is 2. The lowest BCUT2D eigenvalue weighted by atomic mass is 10.2. The molecule has 1 N–H and O–H groups in total. The molecule has 0 spiro atoms. The fraction of sp³-hybridized carbons (Fsp3) is 0.833. The molecule has 0 bridgehead atoms. The zero-order valence-electron chi connectivity index (χ0n) is 5.29. The van der Waals surface area contributed by atoms with Crippen LogP contribution in [-0.4, -0.2) is 15.8 Å². The van der Waals surface area contributed by atoms with Gasteiger partial charge in [0.1, 0.15) is 0 Å². The highest BCUT2D eigenvalue weighted by Crippen LogP contribution is 2.51. The topological polar surface area (TPSA) is 37.3 Å². The Bertz CT molecular complexity index is 146. The molecular formula is C6H10O2S. The second kappa shape index (κ2) is 1.90. The van der Waals surface area contributed by atoms with Crippen molar-refractivity contribution >= 4 is 18.6 Å². The lowest BCUT2D eigenvalue weighted by molar-refractivity contribution is -0.137. The summed E-state index contributed by atoms with van der Waals surface area (Å²) in [6, 6.07) is 0. The average molecular weight is 146 g/mol. The van der Waals surface area contributed by atoms with Crippen molar-refractivity contribution < 1.29 is 9.90 Å². The van der Waals surface area contributed by atoms with E-state index >= 15 is 0 Å². The standard InChI is InChI=1S/C6H10O2S/c1-4-2-6(4,9)3-5(7)8/h4,9H,2-3H2,1H3,(H,7,8). The normalized spacial score (nSPS) is 40.4. The van der Waals surface area contributed by atoms with Gasteiger partial charge in [-0.15, -0.1) is 0 Å². The minimum absolute atomic E-state index is 0.175. The maximum atomic E-state index is 10.2.